The van der Waals surface area contributed by atoms with Gasteiger partial charge in [0.2, 0.25) is 0 Å². The molecule has 0 aliphatic carbocycles. The van der Waals surface area contributed by atoms with Crippen molar-refractivity contribution in [3.8, 4) is 0 Å². The van der Waals surface area contributed by atoms with E-state index in [0.717, 1.165) is 43.3 Å². The summed E-state index contributed by atoms with van der Waals surface area (Å²) < 4.78 is 0. The van der Waals surface area contributed by atoms with Crippen molar-refractivity contribution >= 4 is 35.6 Å². The minimum atomic E-state index is 0. The summed E-state index contributed by atoms with van der Waals surface area (Å²) >= 11 is 12.0. The number of halogens is 3. The molecule has 0 spiro atoms. The van der Waals surface area contributed by atoms with Gasteiger partial charge < -0.3 is 5.32 Å². The summed E-state index contributed by atoms with van der Waals surface area (Å²) in [5.74, 6) is 0. The quantitative estimate of drug-likeness (QED) is 0.897. The molecule has 1 aliphatic heterocycles. The van der Waals surface area contributed by atoms with E-state index in [9.17, 15) is 0 Å². The highest BCUT2D eigenvalue weighted by Crippen LogP contribution is 2.22. The Balaban J connectivity index is 0.00000128. The maximum atomic E-state index is 6.12. The number of hydrogen-bond acceptors (Lipinski definition) is 2. The topological polar surface area (TPSA) is 15.3 Å². The largest absolute Gasteiger partial charge is 0.314 e. The van der Waals surface area contributed by atoms with Crippen LogP contribution < -0.4 is 5.32 Å². The van der Waals surface area contributed by atoms with Crippen LogP contribution in [-0.4, -0.2) is 31.1 Å². The fourth-order valence-corrected chi connectivity index (χ4v) is 2.23. The van der Waals surface area contributed by atoms with Crippen LogP contribution >= 0.6 is 35.6 Å². The lowest BCUT2D eigenvalue weighted by molar-refractivity contribution is 0.233. The monoisotopic (exact) mass is 280 g/mol. The molecule has 0 amide bonds. The van der Waals surface area contributed by atoms with Gasteiger partial charge in [-0.25, -0.2) is 0 Å². The van der Waals surface area contributed by atoms with Gasteiger partial charge in [0.05, 0.1) is 0 Å². The molecule has 0 radical (unpaired) electrons. The second kappa shape index (κ2) is 6.67. The molecule has 0 aromatic heterocycles. The summed E-state index contributed by atoms with van der Waals surface area (Å²) in [5, 5.41) is 4.79. The van der Waals surface area contributed by atoms with E-state index in [1.54, 1.807) is 6.07 Å². The van der Waals surface area contributed by atoms with Crippen LogP contribution in [0.4, 0.5) is 0 Å². The van der Waals surface area contributed by atoms with Crippen molar-refractivity contribution < 1.29 is 0 Å². The van der Waals surface area contributed by atoms with E-state index in [2.05, 4.69) is 10.2 Å². The van der Waals surface area contributed by atoms with Gasteiger partial charge in [-0.1, -0.05) is 29.3 Å². The Morgan fingerprint density at radius 3 is 2.50 bits per heavy atom. The first-order valence-electron chi connectivity index (χ1n) is 5.13. The predicted octanol–water partition coefficient (Wildman–Crippen LogP) is 2.82. The van der Waals surface area contributed by atoms with Gasteiger partial charge in [0.15, 0.2) is 0 Å². The van der Waals surface area contributed by atoms with Crippen LogP contribution in [-0.2, 0) is 6.54 Å². The van der Waals surface area contributed by atoms with Crippen LogP contribution in [0, 0.1) is 0 Å². The molecular weight excluding hydrogens is 266 g/mol. The van der Waals surface area contributed by atoms with E-state index in [1.807, 2.05) is 12.1 Å². The summed E-state index contributed by atoms with van der Waals surface area (Å²) in [6.45, 7) is 5.20. The second-order valence-electron chi connectivity index (χ2n) is 3.76. The lowest BCUT2D eigenvalue weighted by atomic mass is 10.2. The van der Waals surface area contributed by atoms with E-state index in [-0.39, 0.29) is 12.4 Å². The molecule has 0 unspecified atom stereocenters. The summed E-state index contributed by atoms with van der Waals surface area (Å²) in [5.41, 5.74) is 1.16. The molecule has 1 fully saturated rings. The first kappa shape index (κ1) is 14.1. The van der Waals surface area contributed by atoms with Gasteiger partial charge in [0, 0.05) is 42.8 Å². The molecule has 1 aliphatic rings. The molecule has 1 heterocycles. The first-order valence-corrected chi connectivity index (χ1v) is 5.88. The third-order valence-corrected chi connectivity index (χ3v) is 3.21. The van der Waals surface area contributed by atoms with Crippen molar-refractivity contribution in [3.63, 3.8) is 0 Å². The van der Waals surface area contributed by atoms with Crippen molar-refractivity contribution in [2.24, 2.45) is 0 Å². The highest BCUT2D eigenvalue weighted by molar-refractivity contribution is 6.35. The third-order valence-electron chi connectivity index (χ3n) is 2.62. The molecule has 1 N–H and O–H groups in total. The molecule has 1 aromatic rings. The summed E-state index contributed by atoms with van der Waals surface area (Å²) in [6.07, 6.45) is 0. The summed E-state index contributed by atoms with van der Waals surface area (Å²) in [6, 6.07) is 5.71. The van der Waals surface area contributed by atoms with Gasteiger partial charge in [-0.3, -0.25) is 4.90 Å². The Morgan fingerprint density at radius 1 is 1.19 bits per heavy atom. The van der Waals surface area contributed by atoms with Gasteiger partial charge in [0.25, 0.3) is 0 Å². The molecule has 2 nitrogen and oxygen atoms in total. The average molecular weight is 282 g/mol. The summed E-state index contributed by atoms with van der Waals surface area (Å²) in [4.78, 5) is 2.39. The van der Waals surface area contributed by atoms with Gasteiger partial charge >= 0.3 is 0 Å². The highest BCUT2D eigenvalue weighted by Gasteiger charge is 2.11. The van der Waals surface area contributed by atoms with Crippen molar-refractivity contribution in [1.29, 1.82) is 0 Å². The Morgan fingerprint density at radius 2 is 1.88 bits per heavy atom. The van der Waals surface area contributed by atoms with E-state index < -0.39 is 0 Å². The Bertz CT molecular complexity index is 338. The molecule has 0 saturated carbocycles. The zero-order valence-electron chi connectivity index (χ0n) is 8.88. The smallest absolute Gasteiger partial charge is 0.0465 e. The summed E-state index contributed by atoms with van der Waals surface area (Å²) in [7, 11) is 0. The molecule has 90 valence electrons. The fourth-order valence-electron chi connectivity index (χ4n) is 1.76. The number of hydrogen-bond donors (Lipinski definition) is 1. The minimum absolute atomic E-state index is 0. The SMILES string of the molecule is Cl.Clc1ccc(CN2CCNCC2)c(Cl)c1. The molecule has 1 aromatic carbocycles. The third kappa shape index (κ3) is 3.79. The lowest BCUT2D eigenvalue weighted by Gasteiger charge is -2.27. The normalized spacial score (nSPS) is 16.9. The van der Waals surface area contributed by atoms with E-state index in [0.29, 0.717) is 5.02 Å². The minimum Gasteiger partial charge on any atom is -0.314 e. The first-order chi connectivity index (χ1) is 7.25. The molecule has 0 bridgehead atoms. The van der Waals surface area contributed by atoms with Gasteiger partial charge in [-0.2, -0.15) is 0 Å². The van der Waals surface area contributed by atoms with E-state index >= 15 is 0 Å². The van der Waals surface area contributed by atoms with Crippen molar-refractivity contribution in [2.45, 2.75) is 6.54 Å². The van der Waals surface area contributed by atoms with E-state index in [1.165, 1.54) is 0 Å². The fraction of sp³-hybridized carbons (Fsp3) is 0.455. The van der Waals surface area contributed by atoms with Crippen LogP contribution in [0.25, 0.3) is 0 Å². The molecular formula is C11H15Cl3N2. The van der Waals surface area contributed by atoms with Gasteiger partial charge in [-0.05, 0) is 17.7 Å². The zero-order chi connectivity index (χ0) is 10.7. The molecule has 2 rings (SSSR count). The maximum absolute atomic E-state index is 6.12. The Kier molecular flexibility index (Phi) is 5.87. The highest BCUT2D eigenvalue weighted by atomic mass is 35.5. The second-order valence-corrected chi connectivity index (χ2v) is 4.61. The lowest BCUT2D eigenvalue weighted by Crippen LogP contribution is -2.42. The van der Waals surface area contributed by atoms with E-state index in [4.69, 9.17) is 23.2 Å². The molecule has 16 heavy (non-hydrogen) atoms. The van der Waals surface area contributed by atoms with Crippen molar-refractivity contribution in [3.05, 3.63) is 33.8 Å². The van der Waals surface area contributed by atoms with Crippen LogP contribution in [0.2, 0.25) is 10.0 Å². The van der Waals surface area contributed by atoms with Gasteiger partial charge in [0.1, 0.15) is 0 Å². The van der Waals surface area contributed by atoms with Crippen molar-refractivity contribution in [1.82, 2.24) is 10.2 Å². The standard InChI is InChI=1S/C11H14Cl2N2.ClH/c12-10-2-1-9(11(13)7-10)8-15-5-3-14-4-6-15;/h1-2,7,14H,3-6,8H2;1H. The van der Waals surface area contributed by atoms with Crippen molar-refractivity contribution in [2.75, 3.05) is 26.2 Å². The van der Waals surface area contributed by atoms with Crippen LogP contribution in [0.1, 0.15) is 5.56 Å². The number of benzene rings is 1. The molecule has 0 atom stereocenters. The number of rotatable bonds is 2. The Hall–Kier alpha value is 0.01000. The molecule has 5 heteroatoms. The number of piperazine rings is 1. The Labute approximate surface area is 112 Å². The molecule has 1 saturated heterocycles. The van der Waals surface area contributed by atoms with Crippen LogP contribution in [0.15, 0.2) is 18.2 Å². The van der Waals surface area contributed by atoms with Crippen LogP contribution in [0.5, 0.6) is 0 Å². The predicted molar refractivity (Wildman–Crippen MR) is 71.9 cm³/mol. The van der Waals surface area contributed by atoms with Crippen LogP contribution in [0.3, 0.4) is 0 Å². The number of nitrogens with zero attached hydrogens (tertiary/aromatic N) is 1. The van der Waals surface area contributed by atoms with Gasteiger partial charge in [-0.15, -0.1) is 12.4 Å². The number of nitrogens with one attached hydrogen (secondary N) is 1. The maximum Gasteiger partial charge on any atom is 0.0465 e. The average Bonchev–Trinajstić information content (AvgIpc) is 2.24. The zero-order valence-corrected chi connectivity index (χ0v) is 11.2.